The first-order chi connectivity index (χ1) is 8.04. The van der Waals surface area contributed by atoms with Gasteiger partial charge in [-0.3, -0.25) is 4.90 Å². The molecule has 0 aliphatic heterocycles. The maximum absolute atomic E-state index is 6.30. The molecule has 1 aliphatic rings. The molecular formula is C14H31N3. The Labute approximate surface area is 107 Å². The van der Waals surface area contributed by atoms with Crippen LogP contribution in [0.2, 0.25) is 0 Å². The summed E-state index contributed by atoms with van der Waals surface area (Å²) < 4.78 is 0. The van der Waals surface area contributed by atoms with E-state index in [4.69, 9.17) is 5.73 Å². The van der Waals surface area contributed by atoms with Gasteiger partial charge in [0.25, 0.3) is 0 Å². The highest BCUT2D eigenvalue weighted by molar-refractivity contribution is 4.88. The van der Waals surface area contributed by atoms with Gasteiger partial charge in [0.1, 0.15) is 0 Å². The van der Waals surface area contributed by atoms with Crippen LogP contribution in [0.3, 0.4) is 0 Å². The second-order valence-corrected chi connectivity index (χ2v) is 5.93. The van der Waals surface area contributed by atoms with Crippen molar-refractivity contribution >= 4 is 0 Å². The molecule has 0 aromatic heterocycles. The van der Waals surface area contributed by atoms with Crippen LogP contribution >= 0.6 is 0 Å². The van der Waals surface area contributed by atoms with Crippen LogP contribution in [0.25, 0.3) is 0 Å². The van der Waals surface area contributed by atoms with Gasteiger partial charge in [0.2, 0.25) is 0 Å². The Hall–Kier alpha value is -0.120. The smallest absolute Gasteiger partial charge is 0.0249 e. The summed E-state index contributed by atoms with van der Waals surface area (Å²) in [6, 6.07) is 1.01. The highest BCUT2D eigenvalue weighted by atomic mass is 15.2. The zero-order valence-corrected chi connectivity index (χ0v) is 12.2. The molecule has 1 aliphatic carbocycles. The van der Waals surface area contributed by atoms with Gasteiger partial charge in [0.15, 0.2) is 0 Å². The minimum Gasteiger partial charge on any atom is -0.326 e. The molecule has 0 heterocycles. The highest BCUT2D eigenvalue weighted by Gasteiger charge is 2.29. The summed E-state index contributed by atoms with van der Waals surface area (Å²) in [5, 5.41) is 0. The number of hydrogen-bond donors (Lipinski definition) is 1. The largest absolute Gasteiger partial charge is 0.326 e. The Bertz CT molecular complexity index is 206. The van der Waals surface area contributed by atoms with Crippen LogP contribution in [0, 0.1) is 5.92 Å². The van der Waals surface area contributed by atoms with E-state index in [1.54, 1.807) is 0 Å². The number of nitrogens with two attached hydrogens (primary N) is 1. The molecule has 1 fully saturated rings. The van der Waals surface area contributed by atoms with Gasteiger partial charge in [-0.25, -0.2) is 0 Å². The number of rotatable bonds is 6. The quantitative estimate of drug-likeness (QED) is 0.769. The van der Waals surface area contributed by atoms with Gasteiger partial charge < -0.3 is 10.6 Å². The molecule has 3 atom stereocenters. The van der Waals surface area contributed by atoms with Crippen LogP contribution in [0.15, 0.2) is 0 Å². The molecule has 1 saturated carbocycles. The minimum absolute atomic E-state index is 0.394. The van der Waals surface area contributed by atoms with Crippen molar-refractivity contribution in [3.63, 3.8) is 0 Å². The molecule has 3 unspecified atom stereocenters. The van der Waals surface area contributed by atoms with Gasteiger partial charge >= 0.3 is 0 Å². The van der Waals surface area contributed by atoms with E-state index in [-0.39, 0.29) is 0 Å². The summed E-state index contributed by atoms with van der Waals surface area (Å²) in [6.07, 6.45) is 5.05. The molecule has 0 aromatic carbocycles. The summed E-state index contributed by atoms with van der Waals surface area (Å²) in [5.41, 5.74) is 6.30. The van der Waals surface area contributed by atoms with Crippen LogP contribution < -0.4 is 5.73 Å². The van der Waals surface area contributed by atoms with Crippen molar-refractivity contribution in [3.05, 3.63) is 0 Å². The van der Waals surface area contributed by atoms with E-state index >= 15 is 0 Å². The van der Waals surface area contributed by atoms with Gasteiger partial charge in [0.05, 0.1) is 0 Å². The Balaban J connectivity index is 2.41. The van der Waals surface area contributed by atoms with Crippen molar-refractivity contribution in [2.45, 2.75) is 51.6 Å². The highest BCUT2D eigenvalue weighted by Crippen LogP contribution is 2.26. The van der Waals surface area contributed by atoms with Gasteiger partial charge in [-0.15, -0.1) is 0 Å². The van der Waals surface area contributed by atoms with Crippen LogP contribution in [0.1, 0.15) is 39.5 Å². The second kappa shape index (κ2) is 7.34. The predicted octanol–water partition coefficient (Wildman–Crippen LogP) is 1.78. The lowest BCUT2D eigenvalue weighted by Gasteiger charge is -2.40. The minimum atomic E-state index is 0.394. The number of hydrogen-bond acceptors (Lipinski definition) is 3. The van der Waals surface area contributed by atoms with E-state index in [0.717, 1.165) is 12.5 Å². The van der Waals surface area contributed by atoms with Gasteiger partial charge in [0, 0.05) is 12.1 Å². The summed E-state index contributed by atoms with van der Waals surface area (Å²) >= 11 is 0. The van der Waals surface area contributed by atoms with Crippen molar-refractivity contribution in [2.24, 2.45) is 11.7 Å². The summed E-state index contributed by atoms with van der Waals surface area (Å²) in [5.74, 6) is 0.850. The van der Waals surface area contributed by atoms with Crippen molar-refractivity contribution in [3.8, 4) is 0 Å². The Morgan fingerprint density at radius 3 is 2.47 bits per heavy atom. The molecule has 0 aromatic rings. The Morgan fingerprint density at radius 1 is 1.18 bits per heavy atom. The van der Waals surface area contributed by atoms with Crippen LogP contribution in [0.5, 0.6) is 0 Å². The normalized spacial score (nSPS) is 30.2. The average molecular weight is 241 g/mol. The topological polar surface area (TPSA) is 32.5 Å². The molecule has 3 heteroatoms. The fraction of sp³-hybridized carbons (Fsp3) is 1.00. The van der Waals surface area contributed by atoms with Crippen molar-refractivity contribution < 1.29 is 0 Å². The molecule has 0 amide bonds. The lowest BCUT2D eigenvalue weighted by atomic mass is 9.83. The van der Waals surface area contributed by atoms with Gasteiger partial charge in [-0.1, -0.05) is 13.8 Å². The second-order valence-electron chi connectivity index (χ2n) is 5.93. The molecule has 0 bridgehead atoms. The zero-order valence-electron chi connectivity index (χ0n) is 12.2. The van der Waals surface area contributed by atoms with Crippen LogP contribution in [-0.4, -0.2) is 55.6 Å². The maximum atomic E-state index is 6.30. The molecule has 17 heavy (non-hydrogen) atoms. The standard InChI is InChI=1S/C14H31N3/c1-5-17(10-6-9-16(3)4)14-11-12(2)7-8-13(14)15/h12-14H,5-11,15H2,1-4H3. The Kier molecular flexibility index (Phi) is 6.45. The van der Waals surface area contributed by atoms with Crippen LogP contribution in [-0.2, 0) is 0 Å². The molecule has 0 radical (unpaired) electrons. The van der Waals surface area contributed by atoms with E-state index < -0.39 is 0 Å². The van der Waals surface area contributed by atoms with E-state index in [1.165, 1.54) is 38.8 Å². The van der Waals surface area contributed by atoms with Crippen molar-refractivity contribution in [2.75, 3.05) is 33.7 Å². The summed E-state index contributed by atoms with van der Waals surface area (Å²) in [4.78, 5) is 4.86. The molecule has 2 N–H and O–H groups in total. The molecule has 102 valence electrons. The lowest BCUT2D eigenvalue weighted by molar-refractivity contribution is 0.117. The molecule has 0 spiro atoms. The number of nitrogens with zero attached hydrogens (tertiary/aromatic N) is 2. The van der Waals surface area contributed by atoms with E-state index in [9.17, 15) is 0 Å². The van der Waals surface area contributed by atoms with E-state index in [0.29, 0.717) is 12.1 Å². The average Bonchev–Trinajstić information content (AvgIpc) is 2.28. The SMILES string of the molecule is CCN(CCCN(C)C)C1CC(C)CCC1N. The van der Waals surface area contributed by atoms with Crippen molar-refractivity contribution in [1.82, 2.24) is 9.80 Å². The first-order valence-electron chi connectivity index (χ1n) is 7.19. The third-order valence-corrected chi connectivity index (χ3v) is 4.06. The van der Waals surface area contributed by atoms with E-state index in [1.807, 2.05) is 0 Å². The maximum Gasteiger partial charge on any atom is 0.0249 e. The fourth-order valence-electron chi connectivity index (χ4n) is 2.94. The summed E-state index contributed by atoms with van der Waals surface area (Å²) in [6.45, 7) is 8.14. The third-order valence-electron chi connectivity index (χ3n) is 4.06. The monoisotopic (exact) mass is 241 g/mol. The van der Waals surface area contributed by atoms with Crippen LogP contribution in [0.4, 0.5) is 0 Å². The fourth-order valence-corrected chi connectivity index (χ4v) is 2.94. The first kappa shape index (κ1) is 14.9. The molecule has 1 rings (SSSR count). The lowest BCUT2D eigenvalue weighted by Crippen LogP contribution is -2.51. The van der Waals surface area contributed by atoms with E-state index in [2.05, 4.69) is 37.7 Å². The third kappa shape index (κ3) is 4.94. The molecular weight excluding hydrogens is 210 g/mol. The van der Waals surface area contributed by atoms with Gasteiger partial charge in [-0.05, 0) is 65.3 Å². The predicted molar refractivity (Wildman–Crippen MR) is 75.2 cm³/mol. The zero-order chi connectivity index (χ0) is 12.8. The molecule has 0 saturated heterocycles. The Morgan fingerprint density at radius 2 is 1.88 bits per heavy atom. The number of likely N-dealkylation sites (N-methyl/N-ethyl adjacent to an activating group) is 1. The first-order valence-corrected chi connectivity index (χ1v) is 7.19. The molecule has 3 nitrogen and oxygen atoms in total. The van der Waals surface area contributed by atoms with Crippen molar-refractivity contribution in [1.29, 1.82) is 0 Å². The van der Waals surface area contributed by atoms with Gasteiger partial charge in [-0.2, -0.15) is 0 Å². The summed E-state index contributed by atoms with van der Waals surface area (Å²) in [7, 11) is 4.29.